The van der Waals surface area contributed by atoms with E-state index in [1.165, 1.54) is 12.1 Å². The van der Waals surface area contributed by atoms with E-state index >= 15 is 0 Å². The number of fused-ring (bicyclic) bond motifs is 2. The number of benzene rings is 3. The van der Waals surface area contributed by atoms with Gasteiger partial charge < -0.3 is 21.1 Å². The van der Waals surface area contributed by atoms with Gasteiger partial charge in [-0.25, -0.2) is 14.1 Å². The van der Waals surface area contributed by atoms with E-state index in [4.69, 9.17) is 10.8 Å². The molecule has 0 atom stereocenters. The number of aromatic nitrogens is 4. The maximum atomic E-state index is 13.7. The second kappa shape index (κ2) is 9.01. The molecule has 1 aliphatic carbocycles. The second-order valence-corrected chi connectivity index (χ2v) is 9.69. The minimum atomic E-state index is -0.505. The Hall–Kier alpha value is -4.24. The number of nitrogens with two attached hydrogens (primary N) is 1. The van der Waals surface area contributed by atoms with Gasteiger partial charge in [0, 0.05) is 22.7 Å². The van der Waals surface area contributed by atoms with E-state index in [0.29, 0.717) is 28.1 Å². The van der Waals surface area contributed by atoms with E-state index in [-0.39, 0.29) is 18.0 Å². The molecule has 1 amide bonds. The lowest BCUT2D eigenvalue weighted by molar-refractivity contribution is 0.100. The number of aromatic amines is 1. The summed E-state index contributed by atoms with van der Waals surface area (Å²) >= 11 is 0. The Bertz CT molecular complexity index is 1650. The minimum absolute atomic E-state index is 0.150. The summed E-state index contributed by atoms with van der Waals surface area (Å²) in [7, 11) is 0. The number of anilines is 1. The number of rotatable bonds is 5. The fourth-order valence-corrected chi connectivity index (χ4v) is 5.29. The largest absolute Gasteiger partial charge is 0.393 e. The van der Waals surface area contributed by atoms with Crippen LogP contribution in [0.4, 0.5) is 10.1 Å². The second-order valence-electron chi connectivity index (χ2n) is 9.69. The maximum Gasteiger partial charge on any atom is 0.250 e. The zero-order valence-corrected chi connectivity index (χ0v) is 20.3. The van der Waals surface area contributed by atoms with E-state index in [1.807, 2.05) is 41.9 Å². The molecule has 37 heavy (non-hydrogen) atoms. The van der Waals surface area contributed by atoms with Crippen LogP contribution in [-0.4, -0.2) is 42.9 Å². The molecule has 5 aromatic rings. The van der Waals surface area contributed by atoms with Gasteiger partial charge in [-0.05, 0) is 75.1 Å². The molecule has 9 heteroatoms. The SMILES string of the molecule is Cc1nn(-c2ccc(C(N)=O)c(N[C@H]3CC[C@H](O)CC3)c2)c2cccc(-c3nc4ccc(F)cc4[nH]3)c12. The highest BCUT2D eigenvalue weighted by Gasteiger charge is 2.22. The summed E-state index contributed by atoms with van der Waals surface area (Å²) in [6, 6.07) is 16.0. The predicted molar refractivity (Wildman–Crippen MR) is 141 cm³/mol. The van der Waals surface area contributed by atoms with Crippen molar-refractivity contribution in [1.82, 2.24) is 19.7 Å². The number of hydrogen-bond donors (Lipinski definition) is 4. The standard InChI is InChI=1S/C28H27FN6O2/c1-15-26-21(28-32-22-12-5-16(29)13-24(22)33-28)3-2-4-25(26)35(34-15)18-8-11-20(27(30)37)23(14-18)31-17-6-9-19(36)10-7-17/h2-5,8,11-14,17,19,31,36H,6-7,9-10H2,1H3,(H2,30,37)(H,32,33)/t17-,19-. The zero-order valence-electron chi connectivity index (χ0n) is 20.3. The Morgan fingerprint density at radius 3 is 2.73 bits per heavy atom. The molecule has 0 spiro atoms. The number of halogens is 1. The molecule has 5 N–H and O–H groups in total. The normalized spacial score (nSPS) is 17.9. The molecule has 3 aromatic carbocycles. The third-order valence-corrected chi connectivity index (χ3v) is 7.15. The molecular weight excluding hydrogens is 471 g/mol. The molecule has 0 bridgehead atoms. The smallest absolute Gasteiger partial charge is 0.250 e. The summed E-state index contributed by atoms with van der Waals surface area (Å²) in [5, 5.41) is 19.1. The quantitative estimate of drug-likeness (QED) is 0.277. The summed E-state index contributed by atoms with van der Waals surface area (Å²) in [5.74, 6) is -0.187. The van der Waals surface area contributed by atoms with E-state index in [9.17, 15) is 14.3 Å². The molecule has 2 heterocycles. The number of primary amides is 1. The van der Waals surface area contributed by atoms with Gasteiger partial charge in [-0.1, -0.05) is 12.1 Å². The number of aliphatic hydroxyl groups is 1. The van der Waals surface area contributed by atoms with Gasteiger partial charge in [-0.15, -0.1) is 0 Å². The number of carbonyl (C=O) groups excluding carboxylic acids is 1. The number of imidazole rings is 1. The van der Waals surface area contributed by atoms with Crippen LogP contribution in [0.5, 0.6) is 0 Å². The van der Waals surface area contributed by atoms with Crippen LogP contribution in [0.15, 0.2) is 54.6 Å². The topological polar surface area (TPSA) is 122 Å². The van der Waals surface area contributed by atoms with Gasteiger partial charge in [0.15, 0.2) is 0 Å². The number of aryl methyl sites for hydroxylation is 1. The lowest BCUT2D eigenvalue weighted by atomic mass is 9.92. The Balaban J connectivity index is 1.43. The van der Waals surface area contributed by atoms with Crippen molar-refractivity contribution in [3.05, 3.63) is 71.7 Å². The molecule has 0 aliphatic heterocycles. The Kier molecular flexibility index (Phi) is 5.64. The van der Waals surface area contributed by atoms with E-state index in [1.54, 1.807) is 12.1 Å². The molecule has 8 nitrogen and oxygen atoms in total. The van der Waals surface area contributed by atoms with Gasteiger partial charge in [-0.2, -0.15) is 5.10 Å². The Morgan fingerprint density at radius 2 is 1.95 bits per heavy atom. The van der Waals surface area contributed by atoms with Crippen molar-refractivity contribution >= 4 is 33.5 Å². The van der Waals surface area contributed by atoms with Crippen molar-refractivity contribution in [3.8, 4) is 17.1 Å². The van der Waals surface area contributed by atoms with Crippen LogP contribution in [-0.2, 0) is 0 Å². The number of aliphatic hydroxyl groups excluding tert-OH is 1. The van der Waals surface area contributed by atoms with Crippen LogP contribution < -0.4 is 11.1 Å². The molecule has 1 aliphatic rings. The predicted octanol–water partition coefficient (Wildman–Crippen LogP) is 4.83. The minimum Gasteiger partial charge on any atom is -0.393 e. The van der Waals surface area contributed by atoms with Crippen molar-refractivity contribution in [3.63, 3.8) is 0 Å². The first-order chi connectivity index (χ1) is 17.9. The van der Waals surface area contributed by atoms with Gasteiger partial charge in [-0.3, -0.25) is 4.79 Å². The van der Waals surface area contributed by atoms with Gasteiger partial charge >= 0.3 is 0 Å². The first-order valence-corrected chi connectivity index (χ1v) is 12.4. The van der Waals surface area contributed by atoms with Crippen molar-refractivity contribution in [2.75, 3.05) is 5.32 Å². The van der Waals surface area contributed by atoms with Crippen LogP contribution in [0, 0.1) is 12.7 Å². The van der Waals surface area contributed by atoms with Crippen LogP contribution in [0.1, 0.15) is 41.7 Å². The first-order valence-electron chi connectivity index (χ1n) is 12.4. The molecule has 1 saturated carbocycles. The fourth-order valence-electron chi connectivity index (χ4n) is 5.29. The van der Waals surface area contributed by atoms with Gasteiger partial charge in [0.05, 0.1) is 39.6 Å². The third-order valence-electron chi connectivity index (χ3n) is 7.15. The van der Waals surface area contributed by atoms with Crippen LogP contribution >= 0.6 is 0 Å². The number of carbonyl (C=O) groups is 1. The summed E-state index contributed by atoms with van der Waals surface area (Å²) in [6.07, 6.45) is 2.82. The summed E-state index contributed by atoms with van der Waals surface area (Å²) in [5.41, 5.74) is 11.4. The monoisotopic (exact) mass is 498 g/mol. The van der Waals surface area contributed by atoms with Crippen molar-refractivity contribution < 1.29 is 14.3 Å². The third kappa shape index (κ3) is 4.21. The molecule has 6 rings (SSSR count). The summed E-state index contributed by atoms with van der Waals surface area (Å²) in [4.78, 5) is 20.1. The molecule has 1 fully saturated rings. The Morgan fingerprint density at radius 1 is 1.14 bits per heavy atom. The fraction of sp³-hybridized carbons (Fsp3) is 0.250. The van der Waals surface area contributed by atoms with Crippen LogP contribution in [0.25, 0.3) is 39.0 Å². The summed E-state index contributed by atoms with van der Waals surface area (Å²) < 4.78 is 15.6. The number of hydrogen-bond acceptors (Lipinski definition) is 5. The number of nitrogens with one attached hydrogen (secondary N) is 2. The van der Waals surface area contributed by atoms with Gasteiger partial charge in [0.1, 0.15) is 11.6 Å². The van der Waals surface area contributed by atoms with E-state index in [2.05, 4.69) is 15.3 Å². The van der Waals surface area contributed by atoms with Crippen LogP contribution in [0.3, 0.4) is 0 Å². The summed E-state index contributed by atoms with van der Waals surface area (Å²) in [6.45, 7) is 1.94. The van der Waals surface area contributed by atoms with Crippen molar-refractivity contribution in [1.29, 1.82) is 0 Å². The molecular formula is C28H27FN6O2. The van der Waals surface area contributed by atoms with Crippen molar-refractivity contribution in [2.24, 2.45) is 5.73 Å². The first kappa shape index (κ1) is 23.2. The average Bonchev–Trinajstić information content (AvgIpc) is 3.46. The lowest BCUT2D eigenvalue weighted by Gasteiger charge is -2.27. The molecule has 2 aromatic heterocycles. The number of nitrogens with zero attached hydrogens (tertiary/aromatic N) is 3. The highest BCUT2D eigenvalue weighted by atomic mass is 19.1. The highest BCUT2D eigenvalue weighted by molar-refractivity contribution is 6.00. The number of H-pyrrole nitrogens is 1. The molecule has 0 saturated heterocycles. The zero-order chi connectivity index (χ0) is 25.7. The highest BCUT2D eigenvalue weighted by Crippen LogP contribution is 2.33. The van der Waals surface area contributed by atoms with Gasteiger partial charge in [0.25, 0.3) is 5.91 Å². The maximum absolute atomic E-state index is 13.7. The average molecular weight is 499 g/mol. The molecule has 188 valence electrons. The van der Waals surface area contributed by atoms with E-state index < -0.39 is 5.91 Å². The van der Waals surface area contributed by atoms with Crippen molar-refractivity contribution in [2.45, 2.75) is 44.8 Å². The van der Waals surface area contributed by atoms with Gasteiger partial charge in [0.2, 0.25) is 0 Å². The lowest BCUT2D eigenvalue weighted by Crippen LogP contribution is -2.29. The Labute approximate surface area is 212 Å². The molecule has 0 radical (unpaired) electrons. The van der Waals surface area contributed by atoms with Crippen LogP contribution in [0.2, 0.25) is 0 Å². The molecule has 0 unspecified atom stereocenters. The number of amides is 1. The van der Waals surface area contributed by atoms with E-state index in [0.717, 1.165) is 53.5 Å².